The summed E-state index contributed by atoms with van der Waals surface area (Å²) in [5.41, 5.74) is 0.559. The Hall–Kier alpha value is -1.47. The number of hydrogen-bond acceptors (Lipinski definition) is 4. The lowest BCUT2D eigenvalue weighted by molar-refractivity contribution is -0.142. The first-order valence-corrected chi connectivity index (χ1v) is 7.04. The van der Waals surface area contributed by atoms with Gasteiger partial charge in [-0.05, 0) is 44.0 Å². The highest BCUT2D eigenvalue weighted by atomic mass is 32.2. The largest absolute Gasteiger partial charge is 0.468 e. The average Bonchev–Trinajstić information content (AvgIpc) is 2.24. The molecule has 0 fully saturated rings. The maximum atomic E-state index is 13.2. The third-order valence-electron chi connectivity index (χ3n) is 2.58. The van der Waals surface area contributed by atoms with Gasteiger partial charge in [-0.25, -0.2) is 12.8 Å². The molecule has 1 rings (SSSR count). The van der Waals surface area contributed by atoms with Gasteiger partial charge in [0.1, 0.15) is 11.9 Å². The Morgan fingerprint density at radius 1 is 1.32 bits per heavy atom. The van der Waals surface area contributed by atoms with Crippen molar-refractivity contribution in [2.24, 2.45) is 0 Å². The Kier molecular flexibility index (Phi) is 4.65. The number of nitrogens with one attached hydrogen (secondary N) is 1. The van der Waals surface area contributed by atoms with E-state index in [4.69, 9.17) is 0 Å². The van der Waals surface area contributed by atoms with E-state index in [1.54, 1.807) is 0 Å². The van der Waals surface area contributed by atoms with E-state index in [2.05, 4.69) is 9.46 Å². The molecule has 19 heavy (non-hydrogen) atoms. The van der Waals surface area contributed by atoms with Crippen molar-refractivity contribution in [3.05, 3.63) is 29.1 Å². The topological polar surface area (TPSA) is 72.5 Å². The van der Waals surface area contributed by atoms with Gasteiger partial charge in [-0.1, -0.05) is 0 Å². The fraction of sp³-hybridized carbons (Fsp3) is 0.417. The number of benzene rings is 1. The summed E-state index contributed by atoms with van der Waals surface area (Å²) in [6.45, 7) is 4.36. The summed E-state index contributed by atoms with van der Waals surface area (Å²) in [5.74, 6) is -1.20. The molecule has 1 aromatic carbocycles. The van der Waals surface area contributed by atoms with Crippen LogP contribution < -0.4 is 4.72 Å². The second-order valence-corrected chi connectivity index (χ2v) is 5.89. The van der Waals surface area contributed by atoms with Crippen LogP contribution in [0, 0.1) is 19.7 Å². The molecule has 0 amide bonds. The molecule has 0 saturated heterocycles. The Morgan fingerprint density at radius 3 is 2.21 bits per heavy atom. The number of sulfonamides is 1. The van der Waals surface area contributed by atoms with E-state index in [0.29, 0.717) is 0 Å². The van der Waals surface area contributed by atoms with Crippen molar-refractivity contribution in [1.82, 2.24) is 4.72 Å². The van der Waals surface area contributed by atoms with E-state index in [0.717, 1.165) is 12.1 Å². The van der Waals surface area contributed by atoms with E-state index in [9.17, 15) is 17.6 Å². The summed E-state index contributed by atoms with van der Waals surface area (Å²) in [6.07, 6.45) is 0. The standard InChI is InChI=1S/C12H16FNO4S/c1-7-5-10(13)6-8(2)11(7)19(16,17)14-9(3)12(15)18-4/h5-6,9,14H,1-4H3. The molecule has 7 heteroatoms. The number of hydrogen-bond donors (Lipinski definition) is 1. The van der Waals surface area contributed by atoms with E-state index < -0.39 is 27.9 Å². The third kappa shape index (κ3) is 3.51. The number of ether oxygens (including phenoxy) is 1. The molecule has 0 bridgehead atoms. The van der Waals surface area contributed by atoms with Crippen LogP contribution in [0.15, 0.2) is 17.0 Å². The van der Waals surface area contributed by atoms with Crippen molar-refractivity contribution in [1.29, 1.82) is 0 Å². The fourth-order valence-corrected chi connectivity index (χ4v) is 3.48. The Balaban J connectivity index is 3.18. The second-order valence-electron chi connectivity index (χ2n) is 4.23. The van der Waals surface area contributed by atoms with Crippen LogP contribution in [-0.4, -0.2) is 27.5 Å². The van der Waals surface area contributed by atoms with Crippen LogP contribution >= 0.6 is 0 Å². The Labute approximate surface area is 111 Å². The predicted octanol–water partition coefficient (Wildman–Crippen LogP) is 1.28. The SMILES string of the molecule is COC(=O)C(C)NS(=O)(=O)c1c(C)cc(F)cc1C. The summed E-state index contributed by atoms with van der Waals surface area (Å²) in [4.78, 5) is 11.2. The molecular weight excluding hydrogens is 273 g/mol. The minimum atomic E-state index is -3.91. The molecule has 5 nitrogen and oxygen atoms in total. The van der Waals surface area contributed by atoms with Gasteiger partial charge in [-0.2, -0.15) is 4.72 Å². The van der Waals surface area contributed by atoms with Crippen LogP contribution in [0.1, 0.15) is 18.1 Å². The normalized spacial score (nSPS) is 13.1. The van der Waals surface area contributed by atoms with Crippen LogP contribution in [0.3, 0.4) is 0 Å². The smallest absolute Gasteiger partial charge is 0.323 e. The van der Waals surface area contributed by atoms with Gasteiger partial charge >= 0.3 is 5.97 Å². The predicted molar refractivity (Wildman–Crippen MR) is 67.7 cm³/mol. The van der Waals surface area contributed by atoms with Gasteiger partial charge in [0.05, 0.1) is 12.0 Å². The molecule has 1 aromatic rings. The van der Waals surface area contributed by atoms with Gasteiger partial charge in [0.25, 0.3) is 0 Å². The van der Waals surface area contributed by atoms with Crippen LogP contribution in [0.4, 0.5) is 4.39 Å². The lowest BCUT2D eigenvalue weighted by Crippen LogP contribution is -2.39. The number of rotatable bonds is 4. The summed E-state index contributed by atoms with van der Waals surface area (Å²) >= 11 is 0. The molecule has 0 heterocycles. The van der Waals surface area contributed by atoms with Gasteiger partial charge in [-0.15, -0.1) is 0 Å². The molecule has 0 saturated carbocycles. The molecule has 0 spiro atoms. The maximum Gasteiger partial charge on any atom is 0.323 e. The minimum Gasteiger partial charge on any atom is -0.468 e. The number of halogens is 1. The van der Waals surface area contributed by atoms with Crippen LogP contribution in [0.25, 0.3) is 0 Å². The molecule has 1 N–H and O–H groups in total. The lowest BCUT2D eigenvalue weighted by Gasteiger charge is -2.15. The van der Waals surface area contributed by atoms with Crippen LogP contribution in [-0.2, 0) is 19.6 Å². The highest BCUT2D eigenvalue weighted by Gasteiger charge is 2.25. The Bertz CT molecular complexity index is 575. The summed E-state index contributed by atoms with van der Waals surface area (Å²) in [7, 11) is -2.74. The summed E-state index contributed by atoms with van der Waals surface area (Å²) < 4.78 is 44.1. The van der Waals surface area contributed by atoms with Crippen molar-refractivity contribution < 1.29 is 22.3 Å². The van der Waals surface area contributed by atoms with Crippen LogP contribution in [0.2, 0.25) is 0 Å². The van der Waals surface area contributed by atoms with Gasteiger partial charge in [0.15, 0.2) is 0 Å². The van der Waals surface area contributed by atoms with E-state index in [-0.39, 0.29) is 16.0 Å². The van der Waals surface area contributed by atoms with Crippen molar-refractivity contribution in [2.45, 2.75) is 31.7 Å². The van der Waals surface area contributed by atoms with Crippen molar-refractivity contribution in [3.8, 4) is 0 Å². The zero-order valence-corrected chi connectivity index (χ0v) is 12.0. The van der Waals surface area contributed by atoms with Gasteiger partial charge in [0.2, 0.25) is 10.0 Å². The van der Waals surface area contributed by atoms with E-state index in [1.165, 1.54) is 27.9 Å². The Morgan fingerprint density at radius 2 is 1.79 bits per heavy atom. The summed E-state index contributed by atoms with van der Waals surface area (Å²) in [6, 6.07) is 1.24. The molecule has 0 aliphatic carbocycles. The summed E-state index contributed by atoms with van der Waals surface area (Å²) in [5, 5.41) is 0. The lowest BCUT2D eigenvalue weighted by atomic mass is 10.1. The number of aryl methyl sites for hydroxylation is 2. The first-order valence-electron chi connectivity index (χ1n) is 5.56. The molecular formula is C12H16FNO4S. The van der Waals surface area contributed by atoms with Crippen LogP contribution in [0.5, 0.6) is 0 Å². The third-order valence-corrected chi connectivity index (χ3v) is 4.43. The number of carbonyl (C=O) groups is 1. The molecule has 1 atom stereocenters. The second kappa shape index (κ2) is 5.66. The number of methoxy groups -OCH3 is 1. The molecule has 0 aliphatic heterocycles. The maximum absolute atomic E-state index is 13.2. The highest BCUT2D eigenvalue weighted by Crippen LogP contribution is 2.21. The minimum absolute atomic E-state index is 0.0235. The van der Waals surface area contributed by atoms with E-state index in [1.807, 2.05) is 0 Å². The molecule has 0 aliphatic rings. The van der Waals surface area contributed by atoms with Gasteiger partial charge in [-0.3, -0.25) is 4.79 Å². The van der Waals surface area contributed by atoms with Gasteiger partial charge < -0.3 is 4.74 Å². The molecule has 1 unspecified atom stereocenters. The molecule has 0 radical (unpaired) electrons. The quantitative estimate of drug-likeness (QED) is 0.848. The molecule has 0 aromatic heterocycles. The number of esters is 1. The monoisotopic (exact) mass is 289 g/mol. The fourth-order valence-electron chi connectivity index (χ4n) is 1.84. The van der Waals surface area contributed by atoms with Crippen molar-refractivity contribution >= 4 is 16.0 Å². The zero-order valence-electron chi connectivity index (χ0n) is 11.2. The van der Waals surface area contributed by atoms with Gasteiger partial charge in [0, 0.05) is 0 Å². The number of carbonyl (C=O) groups excluding carboxylic acids is 1. The zero-order chi connectivity index (χ0) is 14.8. The first kappa shape index (κ1) is 15.6. The van der Waals surface area contributed by atoms with E-state index >= 15 is 0 Å². The van der Waals surface area contributed by atoms with Crippen molar-refractivity contribution in [3.63, 3.8) is 0 Å². The van der Waals surface area contributed by atoms with Crippen molar-refractivity contribution in [2.75, 3.05) is 7.11 Å². The first-order chi connectivity index (χ1) is 8.69. The average molecular weight is 289 g/mol. The highest BCUT2D eigenvalue weighted by molar-refractivity contribution is 7.89. The molecule has 106 valence electrons.